The van der Waals surface area contributed by atoms with E-state index in [-0.39, 0.29) is 64.1 Å². The quantitative estimate of drug-likeness (QED) is 0.122. The number of hydrogen-bond donors (Lipinski definition) is 0. The molecule has 7 nitrogen and oxygen atoms in total. The zero-order chi connectivity index (χ0) is 27.0. The second-order valence-corrected chi connectivity index (χ2v) is 9.91. The van der Waals surface area contributed by atoms with Gasteiger partial charge in [-0.05, 0) is 36.4 Å². The van der Waals surface area contributed by atoms with E-state index >= 15 is 0 Å². The summed E-state index contributed by atoms with van der Waals surface area (Å²) in [6, 6.07) is 13.4. The Balaban J connectivity index is 1.94. The lowest BCUT2D eigenvalue weighted by Crippen LogP contribution is -1.96. The molecule has 188 valence electrons. The highest BCUT2D eigenvalue weighted by Crippen LogP contribution is 2.46. The maximum Gasteiger partial charge on any atom is 0.270 e. The maximum atomic E-state index is 11.5. The van der Waals surface area contributed by atoms with Crippen LogP contribution < -0.4 is 4.74 Å². The van der Waals surface area contributed by atoms with Gasteiger partial charge in [0.2, 0.25) is 0 Å². The summed E-state index contributed by atoms with van der Waals surface area (Å²) in [5.41, 5.74) is 0.600. The van der Waals surface area contributed by atoms with Crippen molar-refractivity contribution in [3.8, 4) is 33.8 Å². The molecule has 0 aliphatic rings. The first-order valence-corrected chi connectivity index (χ1v) is 12.3. The molecule has 0 aromatic heterocycles. The van der Waals surface area contributed by atoms with Crippen molar-refractivity contribution in [1.82, 2.24) is 0 Å². The van der Waals surface area contributed by atoms with Crippen molar-refractivity contribution in [2.75, 3.05) is 0 Å². The third kappa shape index (κ3) is 5.72. The van der Waals surface area contributed by atoms with Crippen molar-refractivity contribution >= 4 is 81.0 Å². The van der Waals surface area contributed by atoms with Gasteiger partial charge in [0.1, 0.15) is 11.5 Å². The van der Waals surface area contributed by atoms with Crippen molar-refractivity contribution in [2.24, 2.45) is 0 Å². The minimum Gasteiger partial charge on any atom is -0.456 e. The maximum absolute atomic E-state index is 11.5. The Hall–Kier alpha value is -2.78. The number of nitro benzene ring substituents is 2. The van der Waals surface area contributed by atoms with E-state index in [0.29, 0.717) is 11.1 Å². The van der Waals surface area contributed by atoms with Gasteiger partial charge in [-0.25, -0.2) is 0 Å². The Morgan fingerprint density at radius 2 is 0.838 bits per heavy atom. The summed E-state index contributed by atoms with van der Waals surface area (Å²) in [4.78, 5) is 21.8. The highest BCUT2D eigenvalue weighted by atomic mass is 35.5. The molecular formula is C24H10Cl6N2O5. The van der Waals surface area contributed by atoms with Gasteiger partial charge in [0.15, 0.2) is 0 Å². The molecular weight excluding hydrogens is 609 g/mol. The third-order valence-corrected chi connectivity index (χ3v) is 7.24. The summed E-state index contributed by atoms with van der Waals surface area (Å²) in [7, 11) is 0. The number of rotatable bonds is 6. The number of hydrogen-bond acceptors (Lipinski definition) is 5. The molecule has 4 rings (SSSR count). The van der Waals surface area contributed by atoms with Gasteiger partial charge in [0.05, 0.1) is 40.0 Å². The molecule has 0 saturated heterocycles. The van der Waals surface area contributed by atoms with Crippen LogP contribution in [0.4, 0.5) is 11.4 Å². The molecule has 0 N–H and O–H groups in total. The smallest absolute Gasteiger partial charge is 0.270 e. The Kier molecular flexibility index (Phi) is 8.04. The molecule has 0 atom stereocenters. The monoisotopic (exact) mass is 616 g/mol. The molecule has 0 spiro atoms. The topological polar surface area (TPSA) is 95.5 Å². The van der Waals surface area contributed by atoms with Gasteiger partial charge in [-0.3, -0.25) is 20.2 Å². The van der Waals surface area contributed by atoms with E-state index in [1.165, 1.54) is 60.7 Å². The molecule has 0 saturated carbocycles. The third-order valence-electron chi connectivity index (χ3n) is 5.17. The summed E-state index contributed by atoms with van der Waals surface area (Å²) in [5.74, 6) is 0.273. The van der Waals surface area contributed by atoms with Crippen LogP contribution in [0.3, 0.4) is 0 Å². The van der Waals surface area contributed by atoms with Gasteiger partial charge in [0, 0.05) is 46.5 Å². The average Bonchev–Trinajstić information content (AvgIpc) is 2.84. The van der Waals surface area contributed by atoms with E-state index in [2.05, 4.69) is 0 Å². The second-order valence-electron chi connectivity index (χ2n) is 7.47. The van der Waals surface area contributed by atoms with Crippen molar-refractivity contribution in [3.63, 3.8) is 0 Å². The Morgan fingerprint density at radius 3 is 1.19 bits per heavy atom. The van der Waals surface area contributed by atoms with Gasteiger partial charge in [-0.15, -0.1) is 0 Å². The number of ether oxygens (including phenoxy) is 1. The molecule has 0 radical (unpaired) electrons. The second kappa shape index (κ2) is 10.9. The zero-order valence-corrected chi connectivity index (χ0v) is 22.5. The van der Waals surface area contributed by atoms with Crippen molar-refractivity contribution in [3.05, 3.63) is 111 Å². The van der Waals surface area contributed by atoms with E-state index in [1.807, 2.05) is 0 Å². The van der Waals surface area contributed by atoms with Gasteiger partial charge < -0.3 is 4.74 Å². The predicted octanol–water partition coefficient (Wildman–Crippen LogP) is 10.5. The first-order chi connectivity index (χ1) is 17.5. The lowest BCUT2D eigenvalue weighted by molar-refractivity contribution is -0.385. The summed E-state index contributed by atoms with van der Waals surface area (Å²) >= 11 is 37.2. The van der Waals surface area contributed by atoms with Crippen molar-refractivity contribution in [2.45, 2.75) is 0 Å². The molecule has 0 bridgehead atoms. The molecule has 0 aliphatic carbocycles. The van der Waals surface area contributed by atoms with Gasteiger partial charge >= 0.3 is 0 Å². The largest absolute Gasteiger partial charge is 0.456 e. The zero-order valence-electron chi connectivity index (χ0n) is 18.0. The fourth-order valence-electron chi connectivity index (χ4n) is 3.44. The normalized spacial score (nSPS) is 10.9. The lowest BCUT2D eigenvalue weighted by Gasteiger charge is -2.17. The van der Waals surface area contributed by atoms with Crippen LogP contribution in [-0.2, 0) is 0 Å². The average molecular weight is 619 g/mol. The van der Waals surface area contributed by atoms with E-state index in [9.17, 15) is 20.2 Å². The SMILES string of the molecule is O=[N+]([O-])c1ccc(Oc2ccc([N+](=O)[O-])cc2-c2cc(Cl)c(Cl)cc2Cl)c(-c2cc(Cl)c(Cl)cc2Cl)c1. The van der Waals surface area contributed by atoms with Crippen molar-refractivity contribution in [1.29, 1.82) is 0 Å². The van der Waals surface area contributed by atoms with Crippen LogP contribution in [0, 0.1) is 20.2 Å². The number of non-ortho nitro benzene ring substituents is 2. The fraction of sp³-hybridized carbons (Fsp3) is 0. The first kappa shape index (κ1) is 27.3. The molecule has 0 unspecified atom stereocenters. The molecule has 0 heterocycles. The van der Waals surface area contributed by atoms with Crippen LogP contribution >= 0.6 is 69.6 Å². The van der Waals surface area contributed by atoms with Gasteiger partial charge in [-0.1, -0.05) is 69.6 Å². The standard InChI is InChI=1S/C24H10Cl6N2O5/c25-17-9-21(29)19(27)7-13(17)15-5-11(31(33)34)1-3-23(15)37-24-4-2-12(32(35)36)6-16(24)14-8-20(28)22(30)10-18(14)26/h1-10H. The van der Waals surface area contributed by atoms with Crippen LogP contribution in [0.5, 0.6) is 11.5 Å². The number of halogens is 6. The Morgan fingerprint density at radius 1 is 0.486 bits per heavy atom. The minimum atomic E-state index is -0.578. The summed E-state index contributed by atoms with van der Waals surface area (Å²) < 4.78 is 6.15. The molecule has 13 heteroatoms. The first-order valence-electron chi connectivity index (χ1n) is 10.0. The number of nitrogens with zero attached hydrogens (tertiary/aromatic N) is 2. The fourth-order valence-corrected chi connectivity index (χ4v) is 4.74. The highest BCUT2D eigenvalue weighted by Gasteiger charge is 2.22. The molecule has 0 fully saturated rings. The molecule has 37 heavy (non-hydrogen) atoms. The van der Waals surface area contributed by atoms with E-state index < -0.39 is 9.85 Å². The van der Waals surface area contributed by atoms with Gasteiger partial charge in [-0.2, -0.15) is 0 Å². The van der Waals surface area contributed by atoms with E-state index in [4.69, 9.17) is 74.3 Å². The number of nitro groups is 2. The predicted molar refractivity (Wildman–Crippen MR) is 147 cm³/mol. The summed E-state index contributed by atoms with van der Waals surface area (Å²) in [6.07, 6.45) is 0. The van der Waals surface area contributed by atoms with Crippen molar-refractivity contribution < 1.29 is 14.6 Å². The molecule has 4 aromatic rings. The Labute approximate surface area is 239 Å². The van der Waals surface area contributed by atoms with Crippen LogP contribution in [-0.4, -0.2) is 9.85 Å². The number of benzene rings is 4. The van der Waals surface area contributed by atoms with Crippen LogP contribution in [0.1, 0.15) is 0 Å². The van der Waals surface area contributed by atoms with Crippen LogP contribution in [0.15, 0.2) is 60.7 Å². The summed E-state index contributed by atoms with van der Waals surface area (Å²) in [6.45, 7) is 0. The lowest BCUT2D eigenvalue weighted by atomic mass is 10.0. The molecule has 0 amide bonds. The van der Waals surface area contributed by atoms with E-state index in [1.54, 1.807) is 0 Å². The molecule has 4 aromatic carbocycles. The Bertz CT molecular complexity index is 1480. The van der Waals surface area contributed by atoms with E-state index in [0.717, 1.165) is 0 Å². The highest BCUT2D eigenvalue weighted by molar-refractivity contribution is 6.44. The molecule has 0 aliphatic heterocycles. The summed E-state index contributed by atoms with van der Waals surface area (Å²) in [5, 5.41) is 24.0. The van der Waals surface area contributed by atoms with Gasteiger partial charge in [0.25, 0.3) is 11.4 Å². The van der Waals surface area contributed by atoms with Crippen LogP contribution in [0.25, 0.3) is 22.3 Å². The minimum absolute atomic E-state index is 0.136. The van der Waals surface area contributed by atoms with Crippen LogP contribution in [0.2, 0.25) is 30.1 Å².